The number of carbonyl (C=O) groups is 1. The third-order valence-electron chi connectivity index (χ3n) is 6.81. The Morgan fingerprint density at radius 2 is 1.92 bits per heavy atom. The summed E-state index contributed by atoms with van der Waals surface area (Å²) in [5, 5.41) is 3.27. The Morgan fingerprint density at radius 1 is 1.11 bits per heavy atom. The van der Waals surface area contributed by atoms with Crippen LogP contribution in [0.3, 0.4) is 0 Å². The summed E-state index contributed by atoms with van der Waals surface area (Å²) >= 11 is 0. The second kappa shape index (κ2) is 12.5. The summed E-state index contributed by atoms with van der Waals surface area (Å²) in [7, 11) is 0. The number of anilines is 1. The van der Waals surface area contributed by atoms with E-state index in [0.717, 1.165) is 75.2 Å². The number of nitrogens with one attached hydrogen (secondary N) is 1. The van der Waals surface area contributed by atoms with E-state index in [1.54, 1.807) is 4.90 Å². The lowest BCUT2D eigenvalue weighted by Gasteiger charge is -2.26. The molecule has 6 nitrogen and oxygen atoms in total. The fourth-order valence-electron chi connectivity index (χ4n) is 4.99. The molecule has 196 valence electrons. The summed E-state index contributed by atoms with van der Waals surface area (Å²) in [6.45, 7) is 11.1. The second-order valence-electron chi connectivity index (χ2n) is 10.2. The van der Waals surface area contributed by atoms with Crippen molar-refractivity contribution in [3.05, 3.63) is 59.2 Å². The Labute approximate surface area is 213 Å². The predicted octanol–water partition coefficient (Wildman–Crippen LogP) is 4.35. The minimum Gasteiger partial charge on any atom is -0.490 e. The molecule has 2 aliphatic rings. The molecule has 2 aliphatic heterocycles. The molecule has 1 saturated heterocycles. The summed E-state index contributed by atoms with van der Waals surface area (Å²) < 4.78 is 33.9. The quantitative estimate of drug-likeness (QED) is 0.526. The Bertz CT molecular complexity index is 1030. The Kier molecular flexibility index (Phi) is 9.15. The largest absolute Gasteiger partial charge is 0.490 e. The van der Waals surface area contributed by atoms with Gasteiger partial charge in [0.25, 0.3) is 0 Å². The molecule has 0 unspecified atom stereocenters. The first-order chi connectivity index (χ1) is 17.4. The molecule has 2 heterocycles. The van der Waals surface area contributed by atoms with Crippen LogP contribution in [0.25, 0.3) is 0 Å². The van der Waals surface area contributed by atoms with Gasteiger partial charge >= 0.3 is 0 Å². The first-order valence-electron chi connectivity index (χ1n) is 13.0. The van der Waals surface area contributed by atoms with Crippen molar-refractivity contribution in [2.75, 3.05) is 57.7 Å². The number of ether oxygens (including phenoxy) is 1. The molecule has 8 heteroatoms. The van der Waals surface area contributed by atoms with E-state index in [0.29, 0.717) is 24.6 Å². The minimum atomic E-state index is -0.630. The van der Waals surface area contributed by atoms with Gasteiger partial charge in [0.05, 0.1) is 12.2 Å². The molecule has 0 aliphatic carbocycles. The molecule has 0 aromatic heterocycles. The lowest BCUT2D eigenvalue weighted by Crippen LogP contribution is -2.40. The maximum Gasteiger partial charge on any atom is 0.242 e. The second-order valence-corrected chi connectivity index (χ2v) is 10.2. The first kappa shape index (κ1) is 26.4. The van der Waals surface area contributed by atoms with E-state index in [1.807, 2.05) is 12.1 Å². The van der Waals surface area contributed by atoms with Crippen LogP contribution < -0.4 is 10.1 Å². The van der Waals surface area contributed by atoms with Crippen LogP contribution >= 0.6 is 0 Å². The van der Waals surface area contributed by atoms with Crippen LogP contribution in [0.1, 0.15) is 37.8 Å². The van der Waals surface area contributed by atoms with E-state index in [2.05, 4.69) is 35.0 Å². The lowest BCUT2D eigenvalue weighted by molar-refractivity contribution is -0.130. The molecule has 0 bridgehead atoms. The summed E-state index contributed by atoms with van der Waals surface area (Å²) in [6.07, 6.45) is 2.33. The summed E-state index contributed by atoms with van der Waals surface area (Å²) in [5.41, 5.74) is 2.21. The van der Waals surface area contributed by atoms with Gasteiger partial charge in [0.1, 0.15) is 24.0 Å². The number of halogens is 2. The molecule has 1 fully saturated rings. The number of hydrogen-bond acceptors (Lipinski definition) is 5. The minimum absolute atomic E-state index is 0.0678. The van der Waals surface area contributed by atoms with E-state index >= 15 is 0 Å². The Morgan fingerprint density at radius 3 is 2.67 bits per heavy atom. The van der Waals surface area contributed by atoms with Gasteiger partial charge in [-0.25, -0.2) is 8.78 Å². The number of likely N-dealkylation sites (tertiary alicyclic amines) is 1. The molecule has 0 atom stereocenters. The van der Waals surface area contributed by atoms with E-state index in [4.69, 9.17) is 4.74 Å². The summed E-state index contributed by atoms with van der Waals surface area (Å²) in [4.78, 5) is 19.7. The molecule has 0 spiro atoms. The normalized spacial score (nSPS) is 16.5. The van der Waals surface area contributed by atoms with E-state index in [-0.39, 0.29) is 19.0 Å². The maximum absolute atomic E-state index is 14.4. The molecule has 4 rings (SSSR count). The van der Waals surface area contributed by atoms with E-state index < -0.39 is 11.6 Å². The van der Waals surface area contributed by atoms with Crippen molar-refractivity contribution in [2.45, 2.75) is 39.8 Å². The van der Waals surface area contributed by atoms with Gasteiger partial charge in [0, 0.05) is 56.5 Å². The number of nitrogens with zero attached hydrogens (tertiary/aromatic N) is 3. The standard InChI is InChI=1S/C28H38F2N4O2/c1-21(2)18-33-14-15-36-28-23(19-33)6-5-7-26(28)31-17-27(35)34(13-12-32-10-3-4-11-32)20-22-8-9-24(29)16-25(22)30/h5-9,16,21,31H,3-4,10-15,17-20H2,1-2H3. The van der Waals surface area contributed by atoms with Crippen molar-refractivity contribution in [1.29, 1.82) is 0 Å². The van der Waals surface area contributed by atoms with Crippen molar-refractivity contribution in [2.24, 2.45) is 5.92 Å². The van der Waals surface area contributed by atoms with Gasteiger partial charge in [-0.05, 0) is 44.0 Å². The number of amides is 1. The highest BCUT2D eigenvalue weighted by atomic mass is 19.1. The SMILES string of the molecule is CC(C)CN1CCOc2c(cccc2NCC(=O)N(CCN2CCCC2)Cc2ccc(F)cc2F)C1. The number of para-hydroxylation sites is 1. The number of benzene rings is 2. The van der Waals surface area contributed by atoms with Gasteiger partial charge in [-0.1, -0.05) is 32.0 Å². The highest BCUT2D eigenvalue weighted by Crippen LogP contribution is 2.32. The van der Waals surface area contributed by atoms with Gasteiger partial charge in [-0.2, -0.15) is 0 Å². The monoisotopic (exact) mass is 500 g/mol. The average molecular weight is 501 g/mol. The number of hydrogen-bond donors (Lipinski definition) is 1. The van der Waals surface area contributed by atoms with Gasteiger partial charge in [-0.3, -0.25) is 9.69 Å². The highest BCUT2D eigenvalue weighted by Gasteiger charge is 2.22. The first-order valence-corrected chi connectivity index (χ1v) is 13.0. The molecular formula is C28H38F2N4O2. The van der Waals surface area contributed by atoms with Crippen LogP contribution in [-0.4, -0.2) is 73.0 Å². The molecule has 0 saturated carbocycles. The van der Waals surface area contributed by atoms with Crippen molar-refractivity contribution >= 4 is 11.6 Å². The van der Waals surface area contributed by atoms with Crippen LogP contribution in [-0.2, 0) is 17.9 Å². The smallest absolute Gasteiger partial charge is 0.242 e. The molecule has 1 N–H and O–H groups in total. The topological polar surface area (TPSA) is 48.1 Å². The van der Waals surface area contributed by atoms with Crippen LogP contribution in [0.15, 0.2) is 36.4 Å². The molecule has 2 aromatic carbocycles. The highest BCUT2D eigenvalue weighted by molar-refractivity contribution is 5.81. The number of carbonyl (C=O) groups excluding carboxylic acids is 1. The summed E-state index contributed by atoms with van der Waals surface area (Å²) in [5.74, 6) is -0.0162. The van der Waals surface area contributed by atoms with Crippen LogP contribution in [0.5, 0.6) is 5.75 Å². The number of fused-ring (bicyclic) bond motifs is 1. The van der Waals surface area contributed by atoms with Crippen molar-refractivity contribution in [3.63, 3.8) is 0 Å². The number of rotatable bonds is 10. The predicted molar refractivity (Wildman–Crippen MR) is 138 cm³/mol. The van der Waals surface area contributed by atoms with E-state index in [1.165, 1.54) is 12.1 Å². The molecular weight excluding hydrogens is 462 g/mol. The zero-order valence-electron chi connectivity index (χ0n) is 21.4. The maximum atomic E-state index is 14.4. The zero-order chi connectivity index (χ0) is 25.5. The van der Waals surface area contributed by atoms with Gasteiger partial charge in [0.15, 0.2) is 0 Å². The van der Waals surface area contributed by atoms with Gasteiger partial charge < -0.3 is 19.9 Å². The fourth-order valence-corrected chi connectivity index (χ4v) is 4.99. The van der Waals surface area contributed by atoms with Gasteiger partial charge in [0.2, 0.25) is 5.91 Å². The third-order valence-corrected chi connectivity index (χ3v) is 6.81. The molecule has 36 heavy (non-hydrogen) atoms. The van der Waals surface area contributed by atoms with Crippen molar-refractivity contribution in [1.82, 2.24) is 14.7 Å². The zero-order valence-corrected chi connectivity index (χ0v) is 21.4. The van der Waals surface area contributed by atoms with E-state index in [9.17, 15) is 13.6 Å². The molecule has 0 radical (unpaired) electrons. The average Bonchev–Trinajstić information content (AvgIpc) is 3.27. The van der Waals surface area contributed by atoms with Crippen LogP contribution in [0.2, 0.25) is 0 Å². The van der Waals surface area contributed by atoms with Crippen molar-refractivity contribution < 1.29 is 18.3 Å². The summed E-state index contributed by atoms with van der Waals surface area (Å²) in [6, 6.07) is 9.50. The lowest BCUT2D eigenvalue weighted by atomic mass is 10.1. The Balaban J connectivity index is 1.43. The fraction of sp³-hybridized carbons (Fsp3) is 0.536. The van der Waals surface area contributed by atoms with Crippen LogP contribution in [0.4, 0.5) is 14.5 Å². The third kappa shape index (κ3) is 7.17. The van der Waals surface area contributed by atoms with Gasteiger partial charge in [-0.15, -0.1) is 0 Å². The van der Waals surface area contributed by atoms with Crippen molar-refractivity contribution in [3.8, 4) is 5.75 Å². The Hall–Kier alpha value is -2.71. The molecule has 2 aromatic rings. The van der Waals surface area contributed by atoms with Crippen LogP contribution in [0, 0.1) is 17.6 Å². The molecule has 1 amide bonds.